The monoisotopic (exact) mass is 477 g/mol. The highest BCUT2D eigenvalue weighted by Crippen LogP contribution is 2.34. The first-order valence-corrected chi connectivity index (χ1v) is 11.7. The molecular weight excluding hydrogens is 450 g/mol. The zero-order valence-electron chi connectivity index (χ0n) is 19.6. The van der Waals surface area contributed by atoms with Crippen LogP contribution in [0.4, 0.5) is 5.95 Å². The average Bonchev–Trinajstić information content (AvgIpc) is 3.63. The van der Waals surface area contributed by atoms with Gasteiger partial charge in [0.1, 0.15) is 11.7 Å². The van der Waals surface area contributed by atoms with Crippen LogP contribution in [0.5, 0.6) is 0 Å². The van der Waals surface area contributed by atoms with Crippen molar-refractivity contribution in [3.05, 3.63) is 42.3 Å². The maximum atomic E-state index is 12.6. The largest absolute Gasteiger partial charge is 0.373 e. The number of carbonyl (C=O) groups is 2. The molecule has 2 amide bonds. The molecule has 0 aliphatic carbocycles. The molecule has 11 heteroatoms. The Kier molecular flexibility index (Phi) is 5.93. The van der Waals surface area contributed by atoms with Crippen molar-refractivity contribution in [1.82, 2.24) is 29.9 Å². The smallest absolute Gasteiger partial charge is 0.262 e. The molecule has 2 saturated heterocycles. The van der Waals surface area contributed by atoms with Gasteiger partial charge in [0.2, 0.25) is 17.5 Å². The van der Waals surface area contributed by atoms with Crippen molar-refractivity contribution in [3.63, 3.8) is 0 Å². The predicted octanol–water partition coefficient (Wildman–Crippen LogP) is 1.67. The van der Waals surface area contributed by atoms with Gasteiger partial charge in [0.25, 0.3) is 5.91 Å². The Morgan fingerprint density at radius 1 is 1.11 bits per heavy atom. The molecule has 35 heavy (non-hydrogen) atoms. The molecular formula is C24H27N7O4. The molecule has 0 saturated carbocycles. The Hall–Kier alpha value is -3.86. The van der Waals surface area contributed by atoms with E-state index in [-0.39, 0.29) is 18.1 Å². The van der Waals surface area contributed by atoms with Gasteiger partial charge < -0.3 is 24.7 Å². The maximum Gasteiger partial charge on any atom is 0.262 e. The molecule has 3 aromatic heterocycles. The quantitative estimate of drug-likeness (QED) is 0.543. The summed E-state index contributed by atoms with van der Waals surface area (Å²) >= 11 is 0. The maximum absolute atomic E-state index is 12.6. The van der Waals surface area contributed by atoms with Crippen LogP contribution in [0.2, 0.25) is 0 Å². The van der Waals surface area contributed by atoms with Gasteiger partial charge in [-0.15, -0.1) is 0 Å². The minimum atomic E-state index is -1.71. The number of carbonyl (C=O) groups excluding carboxylic acids is 2. The van der Waals surface area contributed by atoms with E-state index in [4.69, 9.17) is 4.52 Å². The zero-order valence-corrected chi connectivity index (χ0v) is 19.6. The second-order valence-electron chi connectivity index (χ2n) is 8.99. The van der Waals surface area contributed by atoms with E-state index in [0.29, 0.717) is 35.3 Å². The van der Waals surface area contributed by atoms with Gasteiger partial charge in [-0.1, -0.05) is 11.2 Å². The number of amides is 2. The summed E-state index contributed by atoms with van der Waals surface area (Å²) in [4.78, 5) is 41.7. The van der Waals surface area contributed by atoms with Crippen molar-refractivity contribution < 1.29 is 19.2 Å². The van der Waals surface area contributed by atoms with E-state index in [1.54, 1.807) is 44.4 Å². The number of likely N-dealkylation sites (N-methyl/N-ethyl adjacent to an activating group) is 1. The summed E-state index contributed by atoms with van der Waals surface area (Å²) in [6.45, 7) is 3.81. The average molecular weight is 478 g/mol. The van der Waals surface area contributed by atoms with Gasteiger partial charge in [0.15, 0.2) is 5.76 Å². The normalized spacial score (nSPS) is 20.9. The Balaban J connectivity index is 1.35. The highest BCUT2D eigenvalue weighted by Gasteiger charge is 2.48. The lowest BCUT2D eigenvalue weighted by molar-refractivity contribution is -0.144. The third kappa shape index (κ3) is 4.34. The van der Waals surface area contributed by atoms with E-state index in [9.17, 15) is 14.7 Å². The third-order valence-corrected chi connectivity index (χ3v) is 6.49. The first kappa shape index (κ1) is 22.9. The van der Waals surface area contributed by atoms with E-state index in [1.807, 2.05) is 11.0 Å². The van der Waals surface area contributed by atoms with E-state index in [1.165, 1.54) is 4.90 Å². The lowest BCUT2D eigenvalue weighted by atomic mass is 9.98. The molecule has 11 nitrogen and oxygen atoms in total. The van der Waals surface area contributed by atoms with Crippen molar-refractivity contribution in [2.24, 2.45) is 0 Å². The van der Waals surface area contributed by atoms with Gasteiger partial charge >= 0.3 is 0 Å². The standard InChI is InChI=1S/C24H27N7O4/c1-15(21(32)31-11-3-4-12-31)26-23-25-10-8-18(28-23)16-6-5-7-17(27-16)19-14-20(35-29-19)24(34)9-13-30(2)22(24)33/h5-8,10,14-15,34H,3-4,9,11-13H2,1-2H3,(H,25,26,28)/t15-,24+/m0/s1. The summed E-state index contributed by atoms with van der Waals surface area (Å²) in [5.41, 5.74) is 0.334. The van der Waals surface area contributed by atoms with Gasteiger partial charge in [-0.3, -0.25) is 9.59 Å². The first-order valence-electron chi connectivity index (χ1n) is 11.7. The van der Waals surface area contributed by atoms with E-state index >= 15 is 0 Å². The zero-order chi connectivity index (χ0) is 24.6. The molecule has 5 rings (SSSR count). The number of nitrogens with zero attached hydrogens (tertiary/aromatic N) is 6. The summed E-state index contributed by atoms with van der Waals surface area (Å²) in [5.74, 6) is 0.0520. The Morgan fingerprint density at radius 2 is 1.83 bits per heavy atom. The number of hydrogen-bond acceptors (Lipinski definition) is 9. The summed E-state index contributed by atoms with van der Waals surface area (Å²) in [6, 6.07) is 8.20. The number of nitrogens with one attached hydrogen (secondary N) is 1. The molecule has 0 spiro atoms. The summed E-state index contributed by atoms with van der Waals surface area (Å²) in [6.07, 6.45) is 3.91. The van der Waals surface area contributed by atoms with Gasteiger partial charge in [0, 0.05) is 45.4 Å². The van der Waals surface area contributed by atoms with E-state index < -0.39 is 17.6 Å². The Bertz CT molecular complexity index is 1260. The SMILES string of the molecule is C[C@H](Nc1nccc(-c2cccc(-c3cc([C@]4(O)CCN(C)C4=O)on3)n2)n1)C(=O)N1CCCC1. The Labute approximate surface area is 202 Å². The number of pyridine rings is 1. The molecule has 3 aromatic rings. The fourth-order valence-electron chi connectivity index (χ4n) is 4.43. The van der Waals surface area contributed by atoms with Crippen LogP contribution in [-0.4, -0.2) is 79.6 Å². The van der Waals surface area contributed by atoms with E-state index in [0.717, 1.165) is 25.9 Å². The summed E-state index contributed by atoms with van der Waals surface area (Å²) in [7, 11) is 1.64. The van der Waals surface area contributed by atoms with Crippen molar-refractivity contribution in [3.8, 4) is 22.8 Å². The van der Waals surface area contributed by atoms with Crippen LogP contribution in [0.3, 0.4) is 0 Å². The number of aliphatic hydroxyl groups is 1. The van der Waals surface area contributed by atoms with Crippen LogP contribution in [-0.2, 0) is 15.2 Å². The van der Waals surface area contributed by atoms with Crippen LogP contribution in [0.1, 0.15) is 31.9 Å². The highest BCUT2D eigenvalue weighted by atomic mass is 16.5. The number of hydrogen-bond donors (Lipinski definition) is 2. The molecule has 0 unspecified atom stereocenters. The van der Waals surface area contributed by atoms with Crippen molar-refractivity contribution >= 4 is 17.8 Å². The predicted molar refractivity (Wildman–Crippen MR) is 126 cm³/mol. The van der Waals surface area contributed by atoms with Crippen LogP contribution >= 0.6 is 0 Å². The fraction of sp³-hybridized carbons (Fsp3) is 0.417. The molecule has 0 aromatic carbocycles. The molecule has 2 aliphatic rings. The second kappa shape index (κ2) is 9.06. The van der Waals surface area contributed by atoms with Crippen LogP contribution < -0.4 is 5.32 Å². The number of rotatable bonds is 6. The molecule has 2 N–H and O–H groups in total. The summed E-state index contributed by atoms with van der Waals surface area (Å²) in [5, 5.41) is 17.9. The molecule has 0 bridgehead atoms. The van der Waals surface area contributed by atoms with Gasteiger partial charge in [0.05, 0.1) is 17.1 Å². The highest BCUT2D eigenvalue weighted by molar-refractivity contribution is 5.87. The molecule has 0 radical (unpaired) electrons. The molecule has 5 heterocycles. The number of anilines is 1. The number of aromatic nitrogens is 4. The van der Waals surface area contributed by atoms with Gasteiger partial charge in [-0.05, 0) is 38.0 Å². The first-order chi connectivity index (χ1) is 16.8. The number of likely N-dealkylation sites (tertiary alicyclic amines) is 2. The van der Waals surface area contributed by atoms with Crippen LogP contribution in [0, 0.1) is 0 Å². The van der Waals surface area contributed by atoms with Crippen LogP contribution in [0.15, 0.2) is 41.1 Å². The minimum absolute atomic E-state index is 0.0343. The van der Waals surface area contributed by atoms with Crippen molar-refractivity contribution in [1.29, 1.82) is 0 Å². The molecule has 182 valence electrons. The topological polar surface area (TPSA) is 138 Å². The summed E-state index contributed by atoms with van der Waals surface area (Å²) < 4.78 is 5.34. The van der Waals surface area contributed by atoms with Gasteiger partial charge in [-0.2, -0.15) is 0 Å². The molecule has 2 atom stereocenters. The Morgan fingerprint density at radius 3 is 2.54 bits per heavy atom. The lowest BCUT2D eigenvalue weighted by Crippen LogP contribution is -2.40. The molecule has 2 fully saturated rings. The fourth-order valence-corrected chi connectivity index (χ4v) is 4.43. The third-order valence-electron chi connectivity index (χ3n) is 6.49. The van der Waals surface area contributed by atoms with Crippen molar-refractivity contribution in [2.75, 3.05) is 32.0 Å². The van der Waals surface area contributed by atoms with Crippen molar-refractivity contribution in [2.45, 2.75) is 37.8 Å². The van der Waals surface area contributed by atoms with Gasteiger partial charge in [-0.25, -0.2) is 15.0 Å². The lowest BCUT2D eigenvalue weighted by Gasteiger charge is -2.21. The molecule has 2 aliphatic heterocycles. The second-order valence-corrected chi connectivity index (χ2v) is 8.99. The minimum Gasteiger partial charge on any atom is -0.373 e. The van der Waals surface area contributed by atoms with E-state index in [2.05, 4.69) is 25.4 Å². The van der Waals surface area contributed by atoms with Crippen LogP contribution in [0.25, 0.3) is 22.8 Å².